The van der Waals surface area contributed by atoms with Gasteiger partial charge in [-0.05, 0) is 75.1 Å². The van der Waals surface area contributed by atoms with Crippen LogP contribution in [0.15, 0.2) is 54.6 Å². The van der Waals surface area contributed by atoms with Crippen molar-refractivity contribution in [2.75, 3.05) is 37.6 Å². The molecule has 166 valence electrons. The third kappa shape index (κ3) is 4.89. The number of hydrogen-bond donors (Lipinski definition) is 0. The van der Waals surface area contributed by atoms with Crippen molar-refractivity contribution in [1.29, 1.82) is 0 Å². The van der Waals surface area contributed by atoms with E-state index in [0.717, 1.165) is 54.2 Å². The van der Waals surface area contributed by atoms with E-state index in [1.165, 1.54) is 32.5 Å². The molecule has 3 aromatic rings. The molecule has 0 aliphatic carbocycles. The van der Waals surface area contributed by atoms with Crippen LogP contribution in [0.5, 0.6) is 5.75 Å². The quantitative estimate of drug-likeness (QED) is 0.441. The van der Waals surface area contributed by atoms with Gasteiger partial charge in [0.05, 0.1) is 0 Å². The molecule has 0 N–H and O–H groups in total. The largest absolute Gasteiger partial charge is 0.489 e. The maximum Gasteiger partial charge on any atom is 0.163 e. The van der Waals surface area contributed by atoms with Gasteiger partial charge in [-0.3, -0.25) is 0 Å². The zero-order chi connectivity index (χ0) is 21.8. The number of rotatable bonds is 8. The monoisotopic (exact) mass is 448 g/mol. The first-order valence-electron chi connectivity index (χ1n) is 11.6. The van der Waals surface area contributed by atoms with Crippen molar-refractivity contribution >= 4 is 17.4 Å². The molecule has 0 amide bonds. The maximum absolute atomic E-state index is 6.57. The van der Waals surface area contributed by atoms with Crippen LogP contribution in [0.3, 0.4) is 0 Å². The van der Waals surface area contributed by atoms with E-state index < -0.39 is 0 Å². The van der Waals surface area contributed by atoms with E-state index in [9.17, 15) is 0 Å². The highest BCUT2D eigenvalue weighted by molar-refractivity contribution is 6.30. The zero-order valence-electron chi connectivity index (χ0n) is 18.3. The van der Waals surface area contributed by atoms with E-state index >= 15 is 0 Å². The number of aromatic nitrogens is 2. The summed E-state index contributed by atoms with van der Waals surface area (Å²) in [6, 6.07) is 18.1. The van der Waals surface area contributed by atoms with Gasteiger partial charge >= 0.3 is 0 Å². The van der Waals surface area contributed by atoms with E-state index in [2.05, 4.69) is 26.9 Å². The lowest BCUT2D eigenvalue weighted by Gasteiger charge is -2.21. The van der Waals surface area contributed by atoms with Crippen LogP contribution < -0.4 is 9.64 Å². The van der Waals surface area contributed by atoms with Gasteiger partial charge in [0.15, 0.2) is 5.82 Å². The number of likely N-dealkylation sites (tertiary alicyclic amines) is 1. The third-order valence-corrected chi connectivity index (χ3v) is 6.64. The molecule has 2 aliphatic heterocycles. The first kappa shape index (κ1) is 21.2. The predicted molar refractivity (Wildman–Crippen MR) is 129 cm³/mol. The van der Waals surface area contributed by atoms with Crippen LogP contribution in [0, 0.1) is 0 Å². The molecule has 0 saturated carbocycles. The third-order valence-electron chi connectivity index (χ3n) is 6.33. The van der Waals surface area contributed by atoms with Crippen LogP contribution in [0.25, 0.3) is 11.4 Å². The minimum atomic E-state index is 0.549. The molecule has 2 aliphatic rings. The molecule has 0 radical (unpaired) electrons. The number of hydrogen-bond acceptors (Lipinski definition) is 5. The summed E-state index contributed by atoms with van der Waals surface area (Å²) in [5.74, 6) is 2.51. The van der Waals surface area contributed by atoms with E-state index in [1.807, 2.05) is 42.5 Å². The molecule has 3 heterocycles. The van der Waals surface area contributed by atoms with Gasteiger partial charge in [0, 0.05) is 24.2 Å². The summed E-state index contributed by atoms with van der Waals surface area (Å²) < 4.78 is 5.91. The van der Waals surface area contributed by atoms with Crippen LogP contribution in [-0.2, 0) is 13.0 Å². The molecule has 5 rings (SSSR count). The second-order valence-electron chi connectivity index (χ2n) is 8.58. The fourth-order valence-electron chi connectivity index (χ4n) is 4.55. The topological polar surface area (TPSA) is 41.5 Å². The molecule has 1 fully saturated rings. The van der Waals surface area contributed by atoms with Crippen LogP contribution >= 0.6 is 11.6 Å². The van der Waals surface area contributed by atoms with Crippen molar-refractivity contribution in [3.63, 3.8) is 0 Å². The molecule has 0 spiro atoms. The van der Waals surface area contributed by atoms with Gasteiger partial charge in [-0.1, -0.05) is 41.9 Å². The molecule has 6 heteroatoms. The number of anilines is 1. The van der Waals surface area contributed by atoms with E-state index in [-0.39, 0.29) is 0 Å². The molecule has 1 aromatic heterocycles. The summed E-state index contributed by atoms with van der Waals surface area (Å²) in [7, 11) is 0. The van der Waals surface area contributed by atoms with Gasteiger partial charge in [0.25, 0.3) is 0 Å². The van der Waals surface area contributed by atoms with E-state index in [4.69, 9.17) is 21.3 Å². The number of fused-ring (bicyclic) bond motifs is 1. The maximum atomic E-state index is 6.57. The molecule has 32 heavy (non-hydrogen) atoms. The molecular formula is C26H29ClN4O. The van der Waals surface area contributed by atoms with E-state index in [1.54, 1.807) is 0 Å². The molecule has 1 saturated heterocycles. The van der Waals surface area contributed by atoms with Gasteiger partial charge in [0.1, 0.15) is 23.3 Å². The summed E-state index contributed by atoms with van der Waals surface area (Å²) in [6.45, 7) is 6.21. The first-order valence-corrected chi connectivity index (χ1v) is 11.9. The predicted octanol–water partition coefficient (Wildman–Crippen LogP) is 5.22. The Labute approximate surface area is 195 Å². The van der Waals surface area contributed by atoms with Crippen molar-refractivity contribution in [3.8, 4) is 17.1 Å². The highest BCUT2D eigenvalue weighted by atomic mass is 35.5. The number of nitrogens with zero attached hydrogens (tertiary/aromatic N) is 4. The standard InChI is InChI=1S/C26H29ClN4O/c27-24-23-13-18-31(17-6-16-30-14-4-5-15-30)26(23)29-25(28-24)21-9-11-22(12-10-21)32-19-20-7-2-1-3-8-20/h1-3,7-12H,4-6,13-19H2. The summed E-state index contributed by atoms with van der Waals surface area (Å²) in [4.78, 5) is 14.5. The Morgan fingerprint density at radius 3 is 2.44 bits per heavy atom. The SMILES string of the molecule is Clc1nc(-c2ccc(OCc3ccccc3)cc2)nc2c1CCN2CCCN1CCCC1. The van der Waals surface area contributed by atoms with Crippen molar-refractivity contribution in [3.05, 3.63) is 70.9 Å². The normalized spacial score (nSPS) is 15.8. The Bertz CT molecular complexity index is 1040. The first-order chi connectivity index (χ1) is 15.8. The van der Waals surface area contributed by atoms with Crippen molar-refractivity contribution < 1.29 is 4.74 Å². The number of halogens is 1. The van der Waals surface area contributed by atoms with Crippen LogP contribution in [0.1, 0.15) is 30.4 Å². The van der Waals surface area contributed by atoms with Crippen LogP contribution in [0.4, 0.5) is 5.82 Å². The van der Waals surface area contributed by atoms with Crippen molar-refractivity contribution in [1.82, 2.24) is 14.9 Å². The Morgan fingerprint density at radius 2 is 1.66 bits per heavy atom. The lowest BCUT2D eigenvalue weighted by atomic mass is 10.2. The average molecular weight is 449 g/mol. The van der Waals surface area contributed by atoms with Crippen molar-refractivity contribution in [2.45, 2.75) is 32.3 Å². The molecule has 0 unspecified atom stereocenters. The smallest absolute Gasteiger partial charge is 0.163 e. The summed E-state index contributed by atoms with van der Waals surface area (Å²) in [6.07, 6.45) is 4.76. The number of ether oxygens (including phenoxy) is 1. The molecule has 0 bridgehead atoms. The molecule has 0 atom stereocenters. The summed E-state index contributed by atoms with van der Waals surface area (Å²) >= 11 is 6.57. The van der Waals surface area contributed by atoms with Crippen LogP contribution in [-0.4, -0.2) is 47.6 Å². The lowest BCUT2D eigenvalue weighted by Crippen LogP contribution is -2.28. The van der Waals surface area contributed by atoms with Crippen LogP contribution in [0.2, 0.25) is 5.15 Å². The summed E-state index contributed by atoms with van der Waals surface area (Å²) in [5, 5.41) is 0.580. The average Bonchev–Trinajstić information content (AvgIpc) is 3.49. The molecule has 2 aromatic carbocycles. The Kier molecular flexibility index (Phi) is 6.56. The van der Waals surface area contributed by atoms with Gasteiger partial charge in [-0.15, -0.1) is 0 Å². The fourth-order valence-corrected chi connectivity index (χ4v) is 4.81. The Balaban J connectivity index is 1.25. The van der Waals surface area contributed by atoms with Gasteiger partial charge < -0.3 is 14.5 Å². The minimum absolute atomic E-state index is 0.549. The molecule has 5 nitrogen and oxygen atoms in total. The summed E-state index contributed by atoms with van der Waals surface area (Å²) in [5.41, 5.74) is 3.18. The molecular weight excluding hydrogens is 420 g/mol. The fraction of sp³-hybridized carbons (Fsp3) is 0.385. The zero-order valence-corrected chi connectivity index (χ0v) is 19.1. The highest BCUT2D eigenvalue weighted by Crippen LogP contribution is 2.33. The Morgan fingerprint density at radius 1 is 0.875 bits per heavy atom. The number of benzene rings is 2. The second kappa shape index (κ2) is 9.88. The highest BCUT2D eigenvalue weighted by Gasteiger charge is 2.25. The second-order valence-corrected chi connectivity index (χ2v) is 8.94. The van der Waals surface area contributed by atoms with Gasteiger partial charge in [-0.25, -0.2) is 9.97 Å². The minimum Gasteiger partial charge on any atom is -0.489 e. The van der Waals surface area contributed by atoms with Gasteiger partial charge in [-0.2, -0.15) is 0 Å². The van der Waals surface area contributed by atoms with E-state index in [0.29, 0.717) is 17.6 Å². The van der Waals surface area contributed by atoms with Gasteiger partial charge in [0.2, 0.25) is 0 Å². The van der Waals surface area contributed by atoms with Crippen molar-refractivity contribution in [2.24, 2.45) is 0 Å². The Hall–Kier alpha value is -2.63. The lowest BCUT2D eigenvalue weighted by molar-refractivity contribution is 0.306.